The van der Waals surface area contributed by atoms with E-state index in [1.165, 1.54) is 17.5 Å². The van der Waals surface area contributed by atoms with E-state index in [2.05, 4.69) is 22.8 Å². The summed E-state index contributed by atoms with van der Waals surface area (Å²) < 4.78 is 21.0. The number of morpholine rings is 1. The third kappa shape index (κ3) is 3.48. The Labute approximate surface area is 151 Å². The van der Waals surface area contributed by atoms with E-state index >= 15 is 0 Å². The van der Waals surface area contributed by atoms with Gasteiger partial charge in [-0.25, -0.2) is 4.39 Å². The molecule has 0 saturated carbocycles. The first kappa shape index (κ1) is 16.8. The highest BCUT2D eigenvalue weighted by Crippen LogP contribution is 2.23. The predicted molar refractivity (Wildman–Crippen MR) is 98.2 cm³/mol. The van der Waals surface area contributed by atoms with Crippen LogP contribution in [0.2, 0.25) is 0 Å². The van der Waals surface area contributed by atoms with Crippen LogP contribution in [0.25, 0.3) is 10.9 Å². The zero-order valence-corrected chi connectivity index (χ0v) is 14.5. The van der Waals surface area contributed by atoms with Gasteiger partial charge in [-0.15, -0.1) is 0 Å². The lowest BCUT2D eigenvalue weighted by Crippen LogP contribution is -2.42. The van der Waals surface area contributed by atoms with E-state index in [1.54, 1.807) is 12.1 Å². The number of nitrogens with zero attached hydrogens (tertiary/aromatic N) is 2. The Kier molecular flexibility index (Phi) is 4.71. The van der Waals surface area contributed by atoms with Crippen LogP contribution in [0.4, 0.5) is 4.39 Å². The van der Waals surface area contributed by atoms with Crippen molar-refractivity contribution in [1.29, 1.82) is 0 Å². The van der Waals surface area contributed by atoms with Gasteiger partial charge < -0.3 is 14.2 Å². The van der Waals surface area contributed by atoms with E-state index in [0.717, 1.165) is 11.1 Å². The van der Waals surface area contributed by atoms with Gasteiger partial charge in [0.1, 0.15) is 11.9 Å². The molecule has 1 unspecified atom stereocenters. The smallest absolute Gasteiger partial charge is 0.224 e. The van der Waals surface area contributed by atoms with Crippen LogP contribution in [-0.4, -0.2) is 35.1 Å². The number of ether oxygens (including phenoxy) is 1. The summed E-state index contributed by atoms with van der Waals surface area (Å²) >= 11 is 0. The first-order valence-corrected chi connectivity index (χ1v) is 8.89. The fourth-order valence-corrected chi connectivity index (χ4v) is 3.46. The van der Waals surface area contributed by atoms with Crippen LogP contribution in [0.15, 0.2) is 60.8 Å². The van der Waals surface area contributed by atoms with Crippen LogP contribution in [-0.2, 0) is 16.1 Å². The number of para-hydroxylation sites is 1. The molecular formula is C21H21FN2O2. The lowest BCUT2D eigenvalue weighted by molar-refractivity contribution is -0.139. The second kappa shape index (κ2) is 7.30. The van der Waals surface area contributed by atoms with Crippen molar-refractivity contribution in [3.8, 4) is 0 Å². The Bertz CT molecular complexity index is 904. The van der Waals surface area contributed by atoms with E-state index in [1.807, 2.05) is 23.2 Å². The number of rotatable bonds is 4. The standard InChI is InChI=1S/C21H21FN2O2/c22-18-7-5-17(6-8-18)20-15-24(13-14-26-20)21(25)10-12-23-11-9-16-3-1-2-4-19(16)23/h1-9,11,20H,10,12-15H2. The van der Waals surface area contributed by atoms with Gasteiger partial charge in [0.25, 0.3) is 0 Å². The second-order valence-corrected chi connectivity index (χ2v) is 6.57. The SMILES string of the molecule is O=C(CCn1ccc2ccccc21)N1CCOC(c2ccc(F)cc2)C1. The summed E-state index contributed by atoms with van der Waals surface area (Å²) in [6.45, 7) is 2.27. The molecule has 1 amide bonds. The van der Waals surface area contributed by atoms with E-state index in [9.17, 15) is 9.18 Å². The summed E-state index contributed by atoms with van der Waals surface area (Å²) in [5, 5.41) is 1.18. The molecule has 1 aliphatic heterocycles. The summed E-state index contributed by atoms with van der Waals surface area (Å²) in [6.07, 6.45) is 2.29. The van der Waals surface area contributed by atoms with Gasteiger partial charge in [0.2, 0.25) is 5.91 Å². The Morgan fingerprint density at radius 1 is 1.12 bits per heavy atom. The molecule has 0 spiro atoms. The lowest BCUT2D eigenvalue weighted by atomic mass is 10.1. The van der Waals surface area contributed by atoms with Crippen LogP contribution < -0.4 is 0 Å². The molecule has 0 bridgehead atoms. The number of amides is 1. The Morgan fingerprint density at radius 3 is 2.77 bits per heavy atom. The molecule has 2 aromatic carbocycles. The van der Waals surface area contributed by atoms with E-state index in [4.69, 9.17) is 4.74 Å². The third-order valence-electron chi connectivity index (χ3n) is 4.91. The minimum atomic E-state index is -0.267. The quantitative estimate of drug-likeness (QED) is 0.716. The van der Waals surface area contributed by atoms with Gasteiger partial charge in [0.05, 0.1) is 13.2 Å². The average molecular weight is 352 g/mol. The van der Waals surface area contributed by atoms with Gasteiger partial charge in [0.15, 0.2) is 0 Å². The fraction of sp³-hybridized carbons (Fsp3) is 0.286. The third-order valence-corrected chi connectivity index (χ3v) is 4.91. The van der Waals surface area contributed by atoms with Gasteiger partial charge in [-0.2, -0.15) is 0 Å². The summed E-state index contributed by atoms with van der Waals surface area (Å²) in [5.41, 5.74) is 2.05. The summed E-state index contributed by atoms with van der Waals surface area (Å²) in [7, 11) is 0. The van der Waals surface area contributed by atoms with Gasteiger partial charge in [-0.1, -0.05) is 30.3 Å². The highest BCUT2D eigenvalue weighted by molar-refractivity contribution is 5.80. The van der Waals surface area contributed by atoms with Gasteiger partial charge in [-0.3, -0.25) is 4.79 Å². The van der Waals surface area contributed by atoms with Crippen LogP contribution >= 0.6 is 0 Å². The maximum absolute atomic E-state index is 13.1. The number of halogens is 1. The first-order chi connectivity index (χ1) is 12.7. The van der Waals surface area contributed by atoms with Crippen LogP contribution in [0, 0.1) is 5.82 Å². The minimum absolute atomic E-state index is 0.123. The van der Waals surface area contributed by atoms with Gasteiger partial charge in [-0.05, 0) is 35.2 Å². The summed E-state index contributed by atoms with van der Waals surface area (Å²) in [5.74, 6) is -0.144. The molecule has 4 nitrogen and oxygen atoms in total. The average Bonchev–Trinajstić information content (AvgIpc) is 3.10. The topological polar surface area (TPSA) is 34.5 Å². The molecule has 1 aliphatic rings. The Balaban J connectivity index is 1.39. The number of carbonyl (C=O) groups excluding carboxylic acids is 1. The zero-order valence-electron chi connectivity index (χ0n) is 14.5. The maximum Gasteiger partial charge on any atom is 0.224 e. The van der Waals surface area contributed by atoms with Crippen molar-refractivity contribution >= 4 is 16.8 Å². The lowest BCUT2D eigenvalue weighted by Gasteiger charge is -2.33. The molecule has 1 atom stereocenters. The van der Waals surface area contributed by atoms with Gasteiger partial charge >= 0.3 is 0 Å². The van der Waals surface area contributed by atoms with Crippen molar-refractivity contribution in [1.82, 2.24) is 9.47 Å². The fourth-order valence-electron chi connectivity index (χ4n) is 3.46. The highest BCUT2D eigenvalue weighted by atomic mass is 19.1. The molecule has 0 N–H and O–H groups in total. The number of hydrogen-bond acceptors (Lipinski definition) is 2. The van der Waals surface area contributed by atoms with Crippen molar-refractivity contribution in [3.63, 3.8) is 0 Å². The monoisotopic (exact) mass is 352 g/mol. The molecule has 0 aliphatic carbocycles. The molecule has 1 aromatic heterocycles. The summed E-state index contributed by atoms with van der Waals surface area (Å²) in [6, 6.07) is 16.5. The van der Waals surface area contributed by atoms with Crippen molar-refractivity contribution in [3.05, 3.63) is 72.2 Å². The number of aromatic nitrogens is 1. The molecule has 1 saturated heterocycles. The molecule has 1 fully saturated rings. The first-order valence-electron chi connectivity index (χ1n) is 8.89. The van der Waals surface area contributed by atoms with E-state index < -0.39 is 0 Å². The molecule has 0 radical (unpaired) electrons. The molecule has 3 aromatic rings. The molecule has 5 heteroatoms. The van der Waals surface area contributed by atoms with Crippen LogP contribution in [0.3, 0.4) is 0 Å². The Hall–Kier alpha value is -2.66. The molecule has 26 heavy (non-hydrogen) atoms. The number of hydrogen-bond donors (Lipinski definition) is 0. The second-order valence-electron chi connectivity index (χ2n) is 6.57. The molecule has 134 valence electrons. The van der Waals surface area contributed by atoms with Crippen molar-refractivity contribution < 1.29 is 13.9 Å². The predicted octanol–water partition coefficient (Wildman–Crippen LogP) is 3.77. The van der Waals surface area contributed by atoms with E-state index in [0.29, 0.717) is 32.7 Å². The number of aryl methyl sites for hydroxylation is 1. The molecular weight excluding hydrogens is 331 g/mol. The van der Waals surface area contributed by atoms with Gasteiger partial charge in [0, 0.05) is 31.2 Å². The zero-order chi connectivity index (χ0) is 17.9. The van der Waals surface area contributed by atoms with Crippen molar-refractivity contribution in [2.24, 2.45) is 0 Å². The highest BCUT2D eigenvalue weighted by Gasteiger charge is 2.25. The van der Waals surface area contributed by atoms with Crippen LogP contribution in [0.1, 0.15) is 18.1 Å². The number of benzene rings is 2. The number of fused-ring (bicyclic) bond motifs is 1. The number of carbonyl (C=O) groups is 1. The minimum Gasteiger partial charge on any atom is -0.370 e. The van der Waals surface area contributed by atoms with Crippen molar-refractivity contribution in [2.45, 2.75) is 19.1 Å². The molecule has 4 rings (SSSR count). The van der Waals surface area contributed by atoms with E-state index in [-0.39, 0.29) is 17.8 Å². The largest absolute Gasteiger partial charge is 0.370 e. The molecule has 2 heterocycles. The Morgan fingerprint density at radius 2 is 1.92 bits per heavy atom. The summed E-state index contributed by atoms with van der Waals surface area (Å²) in [4.78, 5) is 14.5. The van der Waals surface area contributed by atoms with Crippen molar-refractivity contribution in [2.75, 3.05) is 19.7 Å². The normalized spacial score (nSPS) is 17.6. The van der Waals surface area contributed by atoms with Crippen LogP contribution in [0.5, 0.6) is 0 Å². The maximum atomic E-state index is 13.1.